The quantitative estimate of drug-likeness (QED) is 0.435. The largest absolute Gasteiger partial charge is 0.497 e. The Morgan fingerprint density at radius 1 is 1.15 bits per heavy atom. The topological polar surface area (TPSA) is 74.5 Å². The van der Waals surface area contributed by atoms with Gasteiger partial charge in [0.2, 0.25) is 5.89 Å². The average Bonchev–Trinajstić information content (AvgIpc) is 3.15. The molecular weight excluding hydrogens is 378 g/mol. The monoisotopic (exact) mass is 392 g/mol. The molecule has 0 radical (unpaired) electrons. The van der Waals surface area contributed by atoms with Gasteiger partial charge in [-0.15, -0.1) is 10.2 Å². The molecule has 0 amide bonds. The molecule has 3 aromatic rings. The molecule has 0 saturated heterocycles. The van der Waals surface area contributed by atoms with Crippen LogP contribution in [-0.4, -0.2) is 29.0 Å². The van der Waals surface area contributed by atoms with Crippen LogP contribution in [0.5, 0.6) is 5.75 Å². The van der Waals surface area contributed by atoms with E-state index in [2.05, 4.69) is 10.2 Å². The van der Waals surface area contributed by atoms with Crippen molar-refractivity contribution >= 4 is 17.7 Å². The van der Waals surface area contributed by atoms with Crippen molar-refractivity contribution in [2.45, 2.75) is 17.3 Å². The third kappa shape index (κ3) is 4.82. The highest BCUT2D eigenvalue weighted by molar-refractivity contribution is 7.99. The van der Waals surface area contributed by atoms with Gasteiger partial charge in [-0.2, -0.15) is 8.78 Å². The Labute approximate surface area is 157 Å². The van der Waals surface area contributed by atoms with E-state index in [1.807, 2.05) is 0 Å². The zero-order valence-corrected chi connectivity index (χ0v) is 14.9. The first-order valence-electron chi connectivity index (χ1n) is 7.74. The fourth-order valence-electron chi connectivity index (χ4n) is 2.20. The molecule has 0 aliphatic carbocycles. The van der Waals surface area contributed by atoms with E-state index >= 15 is 0 Å². The van der Waals surface area contributed by atoms with E-state index in [-0.39, 0.29) is 40.6 Å². The van der Waals surface area contributed by atoms with Gasteiger partial charge in [0.25, 0.3) is 11.6 Å². The predicted octanol–water partition coefficient (Wildman–Crippen LogP) is 4.42. The van der Waals surface area contributed by atoms with Crippen molar-refractivity contribution in [1.82, 2.24) is 10.2 Å². The van der Waals surface area contributed by atoms with Crippen LogP contribution in [0.2, 0.25) is 0 Å². The molecule has 0 bridgehead atoms. The second-order valence-electron chi connectivity index (χ2n) is 5.18. The molecular formula is C18H14F2N2O4S. The second-order valence-corrected chi connectivity index (χ2v) is 6.21. The Morgan fingerprint density at radius 3 is 2.59 bits per heavy atom. The average molecular weight is 392 g/mol. The summed E-state index contributed by atoms with van der Waals surface area (Å²) in [4.78, 5) is 12.3. The molecule has 0 spiro atoms. The van der Waals surface area contributed by atoms with E-state index in [4.69, 9.17) is 13.9 Å². The van der Waals surface area contributed by atoms with Crippen molar-refractivity contribution in [3.8, 4) is 17.2 Å². The fourth-order valence-corrected chi connectivity index (χ4v) is 2.83. The van der Waals surface area contributed by atoms with Crippen LogP contribution in [0.4, 0.5) is 8.78 Å². The first kappa shape index (κ1) is 18.8. The molecule has 6 nitrogen and oxygen atoms in total. The SMILES string of the molecule is COc1ccc(-c2nnc(COC(=O)c3ccccc3SC(F)F)o2)cc1. The third-order valence-corrected chi connectivity index (χ3v) is 4.24. The summed E-state index contributed by atoms with van der Waals surface area (Å²) in [7, 11) is 1.56. The van der Waals surface area contributed by atoms with Gasteiger partial charge in [0.15, 0.2) is 6.61 Å². The number of hydrogen-bond acceptors (Lipinski definition) is 7. The molecule has 3 rings (SSSR count). The third-order valence-electron chi connectivity index (χ3n) is 3.45. The lowest BCUT2D eigenvalue weighted by Gasteiger charge is -2.07. The van der Waals surface area contributed by atoms with Crippen LogP contribution in [-0.2, 0) is 11.3 Å². The number of methoxy groups -OCH3 is 1. The van der Waals surface area contributed by atoms with E-state index in [9.17, 15) is 13.6 Å². The number of esters is 1. The molecule has 0 unspecified atom stereocenters. The zero-order valence-electron chi connectivity index (χ0n) is 14.1. The number of carbonyl (C=O) groups is 1. The van der Waals surface area contributed by atoms with Crippen LogP contribution < -0.4 is 4.74 Å². The van der Waals surface area contributed by atoms with E-state index in [1.165, 1.54) is 12.1 Å². The van der Waals surface area contributed by atoms with Crippen LogP contribution >= 0.6 is 11.8 Å². The lowest BCUT2D eigenvalue weighted by Crippen LogP contribution is -2.07. The van der Waals surface area contributed by atoms with E-state index < -0.39 is 11.7 Å². The highest BCUT2D eigenvalue weighted by atomic mass is 32.2. The smallest absolute Gasteiger partial charge is 0.339 e. The highest BCUT2D eigenvalue weighted by Crippen LogP contribution is 2.29. The molecule has 0 saturated carbocycles. The van der Waals surface area contributed by atoms with Crippen molar-refractivity contribution in [2.75, 3.05) is 7.11 Å². The molecule has 0 atom stereocenters. The maximum Gasteiger partial charge on any atom is 0.339 e. The van der Waals surface area contributed by atoms with Crippen LogP contribution in [0.15, 0.2) is 57.8 Å². The molecule has 1 heterocycles. The Bertz CT molecular complexity index is 916. The minimum absolute atomic E-state index is 0.0534. The molecule has 0 fully saturated rings. The predicted molar refractivity (Wildman–Crippen MR) is 93.7 cm³/mol. The lowest BCUT2D eigenvalue weighted by atomic mass is 10.2. The lowest BCUT2D eigenvalue weighted by molar-refractivity contribution is 0.0434. The maximum atomic E-state index is 12.6. The molecule has 0 aliphatic rings. The zero-order chi connectivity index (χ0) is 19.2. The number of carbonyl (C=O) groups excluding carboxylic acids is 1. The Balaban J connectivity index is 1.65. The normalized spacial score (nSPS) is 10.8. The number of thioether (sulfide) groups is 1. The number of aromatic nitrogens is 2. The van der Waals surface area contributed by atoms with Crippen molar-refractivity contribution in [1.29, 1.82) is 0 Å². The summed E-state index contributed by atoms with van der Waals surface area (Å²) in [6.07, 6.45) is 0. The molecule has 140 valence electrons. The van der Waals surface area contributed by atoms with E-state index in [1.54, 1.807) is 43.5 Å². The molecule has 0 aliphatic heterocycles. The highest BCUT2D eigenvalue weighted by Gasteiger charge is 2.17. The van der Waals surface area contributed by atoms with Gasteiger partial charge in [0.05, 0.1) is 12.7 Å². The summed E-state index contributed by atoms with van der Waals surface area (Å²) < 4.78 is 40.8. The summed E-state index contributed by atoms with van der Waals surface area (Å²) in [6.45, 7) is -0.268. The first-order valence-corrected chi connectivity index (χ1v) is 8.62. The van der Waals surface area contributed by atoms with Crippen molar-refractivity contribution < 1.29 is 27.5 Å². The Hall–Kier alpha value is -2.94. The minimum atomic E-state index is -2.64. The number of alkyl halides is 2. The second kappa shape index (κ2) is 8.63. The molecule has 1 aromatic heterocycles. The van der Waals surface area contributed by atoms with Gasteiger partial charge in [0, 0.05) is 10.5 Å². The van der Waals surface area contributed by atoms with E-state index in [0.29, 0.717) is 11.3 Å². The molecule has 2 aromatic carbocycles. The van der Waals surface area contributed by atoms with Gasteiger partial charge in [0.1, 0.15) is 5.75 Å². The van der Waals surface area contributed by atoms with Crippen LogP contribution in [0.25, 0.3) is 11.5 Å². The van der Waals surface area contributed by atoms with Gasteiger partial charge >= 0.3 is 5.97 Å². The maximum absolute atomic E-state index is 12.6. The van der Waals surface area contributed by atoms with Crippen molar-refractivity contribution in [3.63, 3.8) is 0 Å². The minimum Gasteiger partial charge on any atom is -0.497 e. The van der Waals surface area contributed by atoms with Gasteiger partial charge in [-0.3, -0.25) is 0 Å². The standard InChI is InChI=1S/C18H14F2N2O4S/c1-24-12-8-6-11(7-9-12)16-22-21-15(26-16)10-25-17(23)13-4-2-3-5-14(13)27-18(19)20/h2-9,18H,10H2,1H3. The fraction of sp³-hybridized carbons (Fsp3) is 0.167. The summed E-state index contributed by atoms with van der Waals surface area (Å²) >= 11 is 0.284. The molecule has 0 N–H and O–H groups in total. The van der Waals surface area contributed by atoms with E-state index in [0.717, 1.165) is 0 Å². The number of hydrogen-bond donors (Lipinski definition) is 0. The van der Waals surface area contributed by atoms with Crippen molar-refractivity contribution in [2.24, 2.45) is 0 Å². The number of halogens is 2. The number of ether oxygens (including phenoxy) is 2. The number of rotatable bonds is 7. The number of benzene rings is 2. The summed E-state index contributed by atoms with van der Waals surface area (Å²) in [6, 6.07) is 13.0. The number of nitrogens with zero attached hydrogens (tertiary/aromatic N) is 2. The summed E-state index contributed by atoms with van der Waals surface area (Å²) in [5, 5.41) is 7.72. The van der Waals surface area contributed by atoms with Gasteiger partial charge in [-0.25, -0.2) is 4.79 Å². The van der Waals surface area contributed by atoms with Crippen LogP contribution in [0.1, 0.15) is 16.2 Å². The van der Waals surface area contributed by atoms with Gasteiger partial charge in [-0.1, -0.05) is 23.9 Å². The van der Waals surface area contributed by atoms with Crippen molar-refractivity contribution in [3.05, 3.63) is 60.0 Å². The van der Waals surface area contributed by atoms with Gasteiger partial charge < -0.3 is 13.9 Å². The Morgan fingerprint density at radius 2 is 1.89 bits per heavy atom. The van der Waals surface area contributed by atoms with Gasteiger partial charge in [-0.05, 0) is 36.4 Å². The van der Waals surface area contributed by atoms with Crippen LogP contribution in [0.3, 0.4) is 0 Å². The Kier molecular flexibility index (Phi) is 6.02. The molecule has 27 heavy (non-hydrogen) atoms. The molecule has 9 heteroatoms. The first-order chi connectivity index (χ1) is 13.1. The summed E-state index contributed by atoms with van der Waals surface area (Å²) in [5.41, 5.74) is 0.734. The summed E-state index contributed by atoms with van der Waals surface area (Å²) in [5.74, 6) is -2.34. The van der Waals surface area contributed by atoms with Crippen LogP contribution in [0, 0.1) is 0 Å².